The fourth-order valence-electron chi connectivity index (χ4n) is 8.18. The summed E-state index contributed by atoms with van der Waals surface area (Å²) < 4.78 is 34.6. The van der Waals surface area contributed by atoms with Crippen LogP contribution in [0.25, 0.3) is 22.3 Å². The number of anilines is 1. The highest BCUT2D eigenvalue weighted by molar-refractivity contribution is 5.93. The van der Waals surface area contributed by atoms with E-state index in [0.717, 1.165) is 0 Å². The van der Waals surface area contributed by atoms with Crippen LogP contribution in [0.3, 0.4) is 0 Å². The Morgan fingerprint density at radius 3 is 2.35 bits per heavy atom. The van der Waals surface area contributed by atoms with E-state index in [4.69, 9.17) is 38.5 Å². The number of aromatic nitrogens is 2. The maximum atomic E-state index is 13.7. The maximum absolute atomic E-state index is 13.7. The zero-order chi connectivity index (χ0) is 49.3. The van der Waals surface area contributed by atoms with Crippen molar-refractivity contribution in [3.8, 4) is 28.6 Å². The molecule has 0 saturated carbocycles. The van der Waals surface area contributed by atoms with E-state index >= 15 is 0 Å². The number of pyridine rings is 2. The summed E-state index contributed by atoms with van der Waals surface area (Å²) >= 11 is 0. The van der Waals surface area contributed by atoms with Gasteiger partial charge in [-0.2, -0.15) is 0 Å². The SMILES string of the molecule is CC(CC(=O)NCCC(=O)NCCC(=O)Nc1cc(COC(=O)NCc2c3c(nc4cc5c(cc24)OCO5)-c2cc4c(c(=O)n2C3)COC(=O)C4O)ccc1OC1OC(C(=O)O)C(C)C1O)C(=O)O. The number of benzene rings is 2. The van der Waals surface area contributed by atoms with E-state index < -0.39 is 83.7 Å². The molecule has 8 N–H and O–H groups in total. The highest BCUT2D eigenvalue weighted by Gasteiger charge is 2.46. The van der Waals surface area contributed by atoms with E-state index in [1.165, 1.54) is 42.7 Å². The number of carboxylic acid groups (broad SMARTS) is 2. The van der Waals surface area contributed by atoms with Gasteiger partial charge in [0.2, 0.25) is 30.8 Å². The summed E-state index contributed by atoms with van der Waals surface area (Å²) in [4.78, 5) is 104. The summed E-state index contributed by atoms with van der Waals surface area (Å²) in [7, 11) is 0. The molecule has 4 aliphatic rings. The minimum Gasteiger partial charge on any atom is -0.481 e. The number of rotatable bonds is 17. The lowest BCUT2D eigenvalue weighted by Gasteiger charge is -2.21. The normalized spacial score (nSPS) is 19.9. The molecule has 6 atom stereocenters. The molecule has 24 heteroatoms. The molecule has 2 aromatic heterocycles. The van der Waals surface area contributed by atoms with Crippen LogP contribution >= 0.6 is 0 Å². The van der Waals surface area contributed by atoms with E-state index in [1.54, 1.807) is 12.1 Å². The number of hydrogen-bond donors (Lipinski definition) is 8. The number of amides is 4. The number of aliphatic hydroxyl groups is 2. The van der Waals surface area contributed by atoms with Crippen LogP contribution in [0.5, 0.6) is 17.2 Å². The van der Waals surface area contributed by atoms with Gasteiger partial charge >= 0.3 is 24.0 Å². The second-order valence-electron chi connectivity index (χ2n) is 16.7. The van der Waals surface area contributed by atoms with Gasteiger partial charge in [-0.05, 0) is 35.4 Å². The predicted molar refractivity (Wildman–Crippen MR) is 232 cm³/mol. The molecule has 364 valence electrons. The van der Waals surface area contributed by atoms with Gasteiger partial charge in [-0.25, -0.2) is 19.4 Å². The van der Waals surface area contributed by atoms with Crippen molar-refractivity contribution in [2.24, 2.45) is 11.8 Å². The number of hydrogen-bond acceptors (Lipinski definition) is 17. The van der Waals surface area contributed by atoms with Crippen LogP contribution in [0, 0.1) is 11.8 Å². The summed E-state index contributed by atoms with van der Waals surface area (Å²) in [6.07, 6.45) is -7.36. The number of nitrogens with one attached hydrogen (secondary N) is 4. The van der Waals surface area contributed by atoms with Crippen LogP contribution < -0.4 is 41.0 Å². The molecular weight excluding hydrogens is 913 g/mol. The first kappa shape index (κ1) is 47.7. The molecule has 6 heterocycles. The average molecular weight is 959 g/mol. The number of carbonyl (C=O) groups is 7. The smallest absolute Gasteiger partial charge is 0.407 e. The highest BCUT2D eigenvalue weighted by Crippen LogP contribution is 2.42. The van der Waals surface area contributed by atoms with Crippen molar-refractivity contribution >= 4 is 58.3 Å². The molecule has 24 nitrogen and oxygen atoms in total. The summed E-state index contributed by atoms with van der Waals surface area (Å²) in [5, 5.41) is 50.8. The Bertz CT molecular complexity index is 2850. The monoisotopic (exact) mass is 958 g/mol. The second-order valence-corrected chi connectivity index (χ2v) is 16.7. The van der Waals surface area contributed by atoms with E-state index in [0.29, 0.717) is 50.5 Å². The van der Waals surface area contributed by atoms with E-state index in [1.807, 2.05) is 0 Å². The molecule has 0 spiro atoms. The Labute approximate surface area is 389 Å². The van der Waals surface area contributed by atoms with Gasteiger partial charge in [-0.3, -0.25) is 24.0 Å². The molecule has 69 heavy (non-hydrogen) atoms. The topological polar surface area (TPSA) is 339 Å². The van der Waals surface area contributed by atoms with Gasteiger partial charge in [0.25, 0.3) is 5.56 Å². The molecule has 4 aromatic rings. The summed E-state index contributed by atoms with van der Waals surface area (Å²) in [5.41, 5.74) is 2.44. The van der Waals surface area contributed by atoms with Crippen LogP contribution in [0.1, 0.15) is 67.0 Å². The van der Waals surface area contributed by atoms with Crippen LogP contribution in [-0.2, 0) is 69.3 Å². The Morgan fingerprint density at radius 1 is 0.899 bits per heavy atom. The minimum absolute atomic E-state index is 0.0193. The van der Waals surface area contributed by atoms with E-state index in [-0.39, 0.29) is 88.0 Å². The molecular formula is C45H46N6O18. The summed E-state index contributed by atoms with van der Waals surface area (Å²) in [6.45, 7) is 1.90. The number of nitrogens with zero attached hydrogens (tertiary/aromatic N) is 2. The van der Waals surface area contributed by atoms with Gasteiger partial charge in [0, 0.05) is 67.4 Å². The number of ether oxygens (including phenoxy) is 6. The Kier molecular flexibility index (Phi) is 13.7. The molecule has 6 unspecified atom stereocenters. The van der Waals surface area contributed by atoms with Crippen LogP contribution in [0.15, 0.2) is 41.2 Å². The summed E-state index contributed by atoms with van der Waals surface area (Å²) in [6, 6.07) is 9.22. The van der Waals surface area contributed by atoms with Crippen molar-refractivity contribution in [3.05, 3.63) is 74.6 Å². The van der Waals surface area contributed by atoms with Crippen LogP contribution in [0.4, 0.5) is 10.5 Å². The Hall–Kier alpha value is -7.83. The standard InChI is InChI=1S/C45H46N6O18/c1-19(41(58)59)9-35(54)47-7-5-33(52)46-8-6-34(53)49-28-10-21(3-4-30(28)68-44-37(55)20(2)39(69-44)42(60)61)16-65-45(63)48-14-24-22-12-31-32(67-18-66-31)13-27(22)50-36-25(24)15-51-29(36)11-23-26(40(51)57)17-64-43(62)38(23)56/h3-4,10-13,19-20,37-39,44,55-56H,5-9,14-18H2,1-2H3,(H,46,52)(H,47,54)(H,48,63)(H,49,53)(H,58,59)(H,60,61). The number of aliphatic carboxylic acids is 2. The molecule has 8 rings (SSSR count). The summed E-state index contributed by atoms with van der Waals surface area (Å²) in [5.74, 6) is -5.89. The molecule has 0 aliphatic carbocycles. The van der Waals surface area contributed by atoms with Crippen molar-refractivity contribution in [1.29, 1.82) is 0 Å². The fourth-order valence-corrected chi connectivity index (χ4v) is 8.18. The lowest BCUT2D eigenvalue weighted by molar-refractivity contribution is -0.160. The molecule has 1 saturated heterocycles. The van der Waals surface area contributed by atoms with E-state index in [2.05, 4.69) is 21.3 Å². The number of carbonyl (C=O) groups excluding carboxylic acids is 5. The number of esters is 1. The van der Waals surface area contributed by atoms with Gasteiger partial charge in [-0.1, -0.05) is 19.9 Å². The first-order chi connectivity index (χ1) is 33.0. The molecule has 2 aromatic carbocycles. The van der Waals surface area contributed by atoms with Crippen molar-refractivity contribution in [3.63, 3.8) is 0 Å². The molecule has 4 aliphatic heterocycles. The number of aliphatic hydroxyl groups excluding tert-OH is 2. The fraction of sp³-hybridized carbons (Fsp3) is 0.400. The molecule has 4 amide bonds. The van der Waals surface area contributed by atoms with Gasteiger partial charge in [0.15, 0.2) is 23.7 Å². The highest BCUT2D eigenvalue weighted by atomic mass is 16.7. The molecule has 0 bridgehead atoms. The average Bonchev–Trinajstić information content (AvgIpc) is 4.00. The lowest BCUT2D eigenvalue weighted by atomic mass is 9.98. The number of carboxylic acids is 2. The zero-order valence-electron chi connectivity index (χ0n) is 36.9. The van der Waals surface area contributed by atoms with Gasteiger partial charge < -0.3 is 74.7 Å². The van der Waals surface area contributed by atoms with Crippen LogP contribution in [-0.4, -0.2) is 110 Å². The first-order valence-electron chi connectivity index (χ1n) is 21.7. The van der Waals surface area contributed by atoms with Gasteiger partial charge in [-0.15, -0.1) is 0 Å². The minimum atomic E-state index is -1.66. The van der Waals surface area contributed by atoms with Crippen molar-refractivity contribution in [2.45, 2.75) is 84.0 Å². The predicted octanol–water partition coefficient (Wildman–Crippen LogP) is 0.918. The quantitative estimate of drug-likeness (QED) is 0.0601. The zero-order valence-corrected chi connectivity index (χ0v) is 36.9. The third kappa shape index (κ3) is 10.1. The van der Waals surface area contributed by atoms with Crippen molar-refractivity contribution in [1.82, 2.24) is 25.5 Å². The maximum Gasteiger partial charge on any atom is 0.407 e. The number of fused-ring (bicyclic) bond motifs is 6. The van der Waals surface area contributed by atoms with Crippen LogP contribution in [0.2, 0.25) is 0 Å². The number of alkyl carbamates (subject to hydrolysis) is 1. The Balaban J connectivity index is 0.948. The molecule has 1 fully saturated rings. The third-order valence-corrected chi connectivity index (χ3v) is 12.0. The van der Waals surface area contributed by atoms with E-state index in [9.17, 15) is 53.7 Å². The Morgan fingerprint density at radius 2 is 1.62 bits per heavy atom. The number of cyclic esters (lactones) is 1. The third-order valence-electron chi connectivity index (χ3n) is 12.0. The van der Waals surface area contributed by atoms with Crippen molar-refractivity contribution < 1.29 is 82.4 Å². The second kappa shape index (κ2) is 19.8. The first-order valence-corrected chi connectivity index (χ1v) is 21.7. The van der Waals surface area contributed by atoms with Crippen molar-refractivity contribution in [2.75, 3.05) is 25.2 Å². The van der Waals surface area contributed by atoms with Gasteiger partial charge in [0.05, 0.1) is 40.6 Å². The van der Waals surface area contributed by atoms with Gasteiger partial charge in [0.1, 0.15) is 25.1 Å². The molecule has 0 radical (unpaired) electrons. The largest absolute Gasteiger partial charge is 0.481 e. The lowest BCUT2D eigenvalue weighted by Crippen LogP contribution is -2.33.